The molecule has 0 fully saturated rings. The molecule has 3 N–H and O–H groups in total. The molecule has 0 atom stereocenters. The number of aliphatic hydroxyl groups is 1. The number of rotatable bonds is 7. The maximum absolute atomic E-state index is 10.5. The number of carbonyl (C=O) groups excluding carboxylic acids is 1. The molecule has 1 rings (SSSR count). The van der Waals surface area contributed by atoms with Gasteiger partial charge in [0.25, 0.3) is 0 Å². The average molecular weight is 258 g/mol. The highest BCUT2D eigenvalue weighted by molar-refractivity contribution is 6.32. The number of ether oxygens (including phenoxy) is 1. The molecule has 0 bridgehead atoms. The van der Waals surface area contributed by atoms with Crippen molar-refractivity contribution in [2.24, 2.45) is 5.73 Å². The number of carbonyl (C=O) groups is 1. The van der Waals surface area contributed by atoms with Gasteiger partial charge in [-0.15, -0.1) is 0 Å². The van der Waals surface area contributed by atoms with Gasteiger partial charge in [-0.2, -0.15) is 0 Å². The molecule has 0 aliphatic carbocycles. The van der Waals surface area contributed by atoms with Crippen molar-refractivity contribution in [1.82, 2.24) is 0 Å². The van der Waals surface area contributed by atoms with Crippen molar-refractivity contribution in [3.05, 3.63) is 28.8 Å². The molecule has 1 aromatic rings. The minimum Gasteiger partial charge on any atom is -0.492 e. The molecule has 0 aliphatic heterocycles. The lowest BCUT2D eigenvalue weighted by Crippen LogP contribution is -2.10. The normalized spacial score (nSPS) is 10.2. The van der Waals surface area contributed by atoms with Crippen LogP contribution in [0.15, 0.2) is 18.2 Å². The second-order valence-electron chi connectivity index (χ2n) is 3.66. The monoisotopic (exact) mass is 257 g/mol. The lowest BCUT2D eigenvalue weighted by molar-refractivity contribution is -0.118. The van der Waals surface area contributed by atoms with Gasteiger partial charge in [-0.05, 0) is 18.9 Å². The SMILES string of the molecule is NC(=O)CCCCOc1c(Cl)cccc1CO. The number of halogens is 1. The first kappa shape index (κ1) is 13.8. The minimum atomic E-state index is -0.307. The van der Waals surface area contributed by atoms with E-state index in [1.165, 1.54) is 0 Å². The standard InChI is InChI=1S/C12H16ClNO3/c13-10-5-3-4-9(8-15)12(10)17-7-2-1-6-11(14)16/h3-5,15H,1-2,6-8H2,(H2,14,16). The van der Waals surface area contributed by atoms with Gasteiger partial charge in [-0.25, -0.2) is 0 Å². The Kier molecular flexibility index (Phi) is 5.80. The number of unbranched alkanes of at least 4 members (excludes halogenated alkanes) is 1. The Hall–Kier alpha value is -1.26. The van der Waals surface area contributed by atoms with Crippen LogP contribution >= 0.6 is 11.6 Å². The Morgan fingerprint density at radius 1 is 1.41 bits per heavy atom. The van der Waals surface area contributed by atoms with Gasteiger partial charge in [-0.3, -0.25) is 4.79 Å². The molecule has 0 aromatic heterocycles. The van der Waals surface area contributed by atoms with E-state index in [4.69, 9.17) is 27.2 Å². The summed E-state index contributed by atoms with van der Waals surface area (Å²) in [7, 11) is 0. The number of benzene rings is 1. The van der Waals surface area contributed by atoms with Crippen molar-refractivity contribution in [2.75, 3.05) is 6.61 Å². The highest BCUT2D eigenvalue weighted by atomic mass is 35.5. The first-order valence-electron chi connectivity index (χ1n) is 5.44. The molecule has 5 heteroatoms. The molecular weight excluding hydrogens is 242 g/mol. The number of aliphatic hydroxyl groups excluding tert-OH is 1. The van der Waals surface area contributed by atoms with Gasteiger partial charge in [0.05, 0.1) is 18.2 Å². The Morgan fingerprint density at radius 2 is 2.18 bits per heavy atom. The first-order valence-corrected chi connectivity index (χ1v) is 5.82. The van der Waals surface area contributed by atoms with Gasteiger partial charge in [0.1, 0.15) is 5.75 Å². The van der Waals surface area contributed by atoms with Crippen LogP contribution in [0.1, 0.15) is 24.8 Å². The molecule has 1 amide bonds. The third kappa shape index (κ3) is 4.63. The van der Waals surface area contributed by atoms with Gasteiger partial charge >= 0.3 is 0 Å². The van der Waals surface area contributed by atoms with E-state index in [9.17, 15) is 4.79 Å². The number of hydrogen-bond acceptors (Lipinski definition) is 3. The Balaban J connectivity index is 2.43. The predicted molar refractivity (Wildman–Crippen MR) is 65.9 cm³/mol. The summed E-state index contributed by atoms with van der Waals surface area (Å²) < 4.78 is 5.50. The number of amides is 1. The lowest BCUT2D eigenvalue weighted by atomic mass is 10.2. The largest absolute Gasteiger partial charge is 0.492 e. The number of hydrogen-bond donors (Lipinski definition) is 2. The molecule has 0 heterocycles. The molecule has 0 spiro atoms. The van der Waals surface area contributed by atoms with Crippen molar-refractivity contribution in [1.29, 1.82) is 0 Å². The molecule has 1 aromatic carbocycles. The minimum absolute atomic E-state index is 0.114. The maximum Gasteiger partial charge on any atom is 0.217 e. The first-order chi connectivity index (χ1) is 8.15. The van der Waals surface area contributed by atoms with Gasteiger partial charge < -0.3 is 15.6 Å². The van der Waals surface area contributed by atoms with E-state index in [1.807, 2.05) is 0 Å². The molecule has 0 saturated heterocycles. The highest BCUT2D eigenvalue weighted by Crippen LogP contribution is 2.28. The molecule has 0 aliphatic rings. The predicted octanol–water partition coefficient (Wildman–Crippen LogP) is 1.87. The van der Waals surface area contributed by atoms with Crippen molar-refractivity contribution in [3.63, 3.8) is 0 Å². The third-order valence-corrected chi connectivity index (χ3v) is 2.58. The molecule has 94 valence electrons. The van der Waals surface area contributed by atoms with Crippen molar-refractivity contribution < 1.29 is 14.6 Å². The van der Waals surface area contributed by atoms with Crippen LogP contribution in [0.5, 0.6) is 5.75 Å². The molecular formula is C12H16ClNO3. The van der Waals surface area contributed by atoms with Crippen molar-refractivity contribution in [3.8, 4) is 5.75 Å². The van der Waals surface area contributed by atoms with E-state index in [-0.39, 0.29) is 12.5 Å². The number of para-hydroxylation sites is 1. The maximum atomic E-state index is 10.5. The summed E-state index contributed by atoms with van der Waals surface area (Å²) in [5.41, 5.74) is 5.68. The second kappa shape index (κ2) is 7.14. The zero-order chi connectivity index (χ0) is 12.7. The summed E-state index contributed by atoms with van der Waals surface area (Å²) in [6, 6.07) is 5.22. The lowest BCUT2D eigenvalue weighted by Gasteiger charge is -2.11. The smallest absolute Gasteiger partial charge is 0.217 e. The van der Waals surface area contributed by atoms with E-state index in [0.717, 1.165) is 6.42 Å². The fraction of sp³-hybridized carbons (Fsp3) is 0.417. The summed E-state index contributed by atoms with van der Waals surface area (Å²) in [5, 5.41) is 9.60. The zero-order valence-electron chi connectivity index (χ0n) is 9.49. The van der Waals surface area contributed by atoms with E-state index in [2.05, 4.69) is 0 Å². The van der Waals surface area contributed by atoms with E-state index < -0.39 is 0 Å². The van der Waals surface area contributed by atoms with Crippen LogP contribution in [-0.2, 0) is 11.4 Å². The molecule has 4 nitrogen and oxygen atoms in total. The van der Waals surface area contributed by atoms with Crippen LogP contribution in [-0.4, -0.2) is 17.6 Å². The van der Waals surface area contributed by atoms with Gasteiger partial charge in [0.15, 0.2) is 0 Å². The van der Waals surface area contributed by atoms with Crippen LogP contribution in [0.4, 0.5) is 0 Å². The molecule has 0 unspecified atom stereocenters. The average Bonchev–Trinajstić information content (AvgIpc) is 2.30. The Bertz CT molecular complexity index is 382. The van der Waals surface area contributed by atoms with Crippen molar-refractivity contribution >= 4 is 17.5 Å². The second-order valence-corrected chi connectivity index (χ2v) is 4.07. The summed E-state index contributed by atoms with van der Waals surface area (Å²) >= 11 is 5.96. The van der Waals surface area contributed by atoms with Gasteiger partial charge in [-0.1, -0.05) is 23.7 Å². The van der Waals surface area contributed by atoms with Crippen molar-refractivity contribution in [2.45, 2.75) is 25.9 Å². The molecule has 17 heavy (non-hydrogen) atoms. The van der Waals surface area contributed by atoms with Gasteiger partial charge in [0.2, 0.25) is 5.91 Å². The summed E-state index contributed by atoms with van der Waals surface area (Å²) in [4.78, 5) is 10.5. The van der Waals surface area contributed by atoms with Crippen LogP contribution in [0.3, 0.4) is 0 Å². The van der Waals surface area contributed by atoms with Gasteiger partial charge in [0, 0.05) is 12.0 Å². The number of nitrogens with two attached hydrogens (primary N) is 1. The summed E-state index contributed by atoms with van der Waals surface area (Å²) in [6.07, 6.45) is 1.77. The number of primary amides is 1. The van der Waals surface area contributed by atoms with E-state index in [0.29, 0.717) is 35.8 Å². The summed E-state index contributed by atoms with van der Waals surface area (Å²) in [5.74, 6) is 0.203. The fourth-order valence-electron chi connectivity index (χ4n) is 1.42. The van der Waals surface area contributed by atoms with E-state index in [1.54, 1.807) is 18.2 Å². The summed E-state index contributed by atoms with van der Waals surface area (Å²) in [6.45, 7) is 0.335. The highest BCUT2D eigenvalue weighted by Gasteiger charge is 2.07. The molecule has 0 radical (unpaired) electrons. The molecule has 0 saturated carbocycles. The quantitative estimate of drug-likeness (QED) is 0.733. The van der Waals surface area contributed by atoms with Crippen LogP contribution in [0, 0.1) is 0 Å². The Morgan fingerprint density at radius 3 is 2.82 bits per heavy atom. The topological polar surface area (TPSA) is 72.6 Å². The fourth-order valence-corrected chi connectivity index (χ4v) is 1.66. The van der Waals surface area contributed by atoms with E-state index >= 15 is 0 Å². The third-order valence-electron chi connectivity index (χ3n) is 2.28. The van der Waals surface area contributed by atoms with Crippen LogP contribution in [0.2, 0.25) is 5.02 Å². The van der Waals surface area contributed by atoms with Crippen LogP contribution < -0.4 is 10.5 Å². The van der Waals surface area contributed by atoms with Crippen LogP contribution in [0.25, 0.3) is 0 Å². The Labute approximate surface area is 105 Å². The zero-order valence-corrected chi connectivity index (χ0v) is 10.2.